The molecule has 25 heavy (non-hydrogen) atoms. The number of methoxy groups -OCH3 is 4. The van der Waals surface area contributed by atoms with Crippen LogP contribution in [-0.2, 0) is 0 Å². The number of hydrogen-bond donors (Lipinski definition) is 2. The Balaban J connectivity index is 2.37. The van der Waals surface area contributed by atoms with E-state index in [2.05, 4.69) is 0 Å². The van der Waals surface area contributed by atoms with Crippen LogP contribution in [0.3, 0.4) is 0 Å². The highest BCUT2D eigenvalue weighted by Crippen LogP contribution is 2.38. The fourth-order valence-corrected chi connectivity index (χ4v) is 2.45. The minimum atomic E-state index is -1.61. The van der Waals surface area contributed by atoms with E-state index >= 15 is 0 Å². The van der Waals surface area contributed by atoms with Crippen molar-refractivity contribution in [2.24, 2.45) is 0 Å². The maximum Gasteiger partial charge on any atom is 0.492 e. The van der Waals surface area contributed by atoms with E-state index in [1.54, 1.807) is 33.5 Å². The second-order valence-corrected chi connectivity index (χ2v) is 5.17. The maximum absolute atomic E-state index is 9.44. The van der Waals surface area contributed by atoms with Gasteiger partial charge in [-0.2, -0.15) is 0 Å². The van der Waals surface area contributed by atoms with Gasteiger partial charge in [-0.15, -0.1) is 0 Å². The molecule has 7 heteroatoms. The van der Waals surface area contributed by atoms with Crippen LogP contribution in [0.25, 0.3) is 12.2 Å². The summed E-state index contributed by atoms with van der Waals surface area (Å²) in [6.45, 7) is 0. The highest BCUT2D eigenvalue weighted by Gasteiger charge is 2.17. The van der Waals surface area contributed by atoms with Crippen LogP contribution in [0.2, 0.25) is 0 Å². The zero-order valence-corrected chi connectivity index (χ0v) is 14.6. The molecule has 0 unspecified atom stereocenters. The zero-order valence-electron chi connectivity index (χ0n) is 14.6. The van der Waals surface area contributed by atoms with E-state index in [1.807, 2.05) is 30.4 Å². The van der Waals surface area contributed by atoms with E-state index in [-0.39, 0.29) is 0 Å². The molecule has 6 nitrogen and oxygen atoms in total. The second-order valence-electron chi connectivity index (χ2n) is 5.17. The fourth-order valence-electron chi connectivity index (χ4n) is 2.45. The lowest BCUT2D eigenvalue weighted by molar-refractivity contribution is 0.324. The molecule has 2 N–H and O–H groups in total. The molecule has 0 amide bonds. The summed E-state index contributed by atoms with van der Waals surface area (Å²) >= 11 is 0. The predicted octanol–water partition coefficient (Wildman–Crippen LogP) is 1.57. The van der Waals surface area contributed by atoms with Crippen molar-refractivity contribution < 1.29 is 29.0 Å². The number of rotatable bonds is 7. The largest absolute Gasteiger partial charge is 0.497 e. The number of ether oxygens (including phenoxy) is 4. The van der Waals surface area contributed by atoms with Gasteiger partial charge in [0.25, 0.3) is 0 Å². The van der Waals surface area contributed by atoms with E-state index in [4.69, 9.17) is 18.9 Å². The molecule has 0 spiro atoms. The molecule has 0 aliphatic carbocycles. The molecular formula is C18H21BO6. The van der Waals surface area contributed by atoms with Crippen LogP contribution in [0.15, 0.2) is 30.3 Å². The molecule has 0 aliphatic heterocycles. The molecule has 2 aromatic rings. The average molecular weight is 344 g/mol. The monoisotopic (exact) mass is 344 g/mol. The smallest absolute Gasteiger partial charge is 0.492 e. The van der Waals surface area contributed by atoms with Crippen molar-refractivity contribution in [2.75, 3.05) is 28.4 Å². The molecule has 0 aromatic heterocycles. The summed E-state index contributed by atoms with van der Waals surface area (Å²) in [5.41, 5.74) is 1.93. The van der Waals surface area contributed by atoms with Crippen LogP contribution in [0, 0.1) is 0 Å². The van der Waals surface area contributed by atoms with Crippen LogP contribution >= 0.6 is 0 Å². The summed E-state index contributed by atoms with van der Waals surface area (Å²) < 4.78 is 21.1. The van der Waals surface area contributed by atoms with Gasteiger partial charge < -0.3 is 29.0 Å². The average Bonchev–Trinajstić information content (AvgIpc) is 2.64. The van der Waals surface area contributed by atoms with Gasteiger partial charge in [0.1, 0.15) is 5.75 Å². The van der Waals surface area contributed by atoms with Gasteiger partial charge in [-0.1, -0.05) is 24.3 Å². The van der Waals surface area contributed by atoms with Gasteiger partial charge in [0.05, 0.1) is 28.4 Å². The minimum absolute atomic E-state index is 0.301. The zero-order chi connectivity index (χ0) is 18.4. The Morgan fingerprint density at radius 3 is 1.76 bits per heavy atom. The van der Waals surface area contributed by atoms with E-state index in [9.17, 15) is 10.0 Å². The quantitative estimate of drug-likeness (QED) is 0.587. The molecule has 0 atom stereocenters. The van der Waals surface area contributed by atoms with Crippen molar-refractivity contribution >= 4 is 24.7 Å². The predicted molar refractivity (Wildman–Crippen MR) is 97.8 cm³/mol. The molecule has 132 valence electrons. The number of benzene rings is 2. The topological polar surface area (TPSA) is 77.4 Å². The molecule has 0 saturated carbocycles. The van der Waals surface area contributed by atoms with Gasteiger partial charge in [-0.3, -0.25) is 0 Å². The SMILES string of the molecule is COc1ccc(/C=C/c2cc(OC)c(OC)c(OC)c2)cc1B(O)O. The van der Waals surface area contributed by atoms with Crippen LogP contribution in [0.4, 0.5) is 0 Å². The van der Waals surface area contributed by atoms with E-state index < -0.39 is 7.12 Å². The lowest BCUT2D eigenvalue weighted by Crippen LogP contribution is -2.31. The summed E-state index contributed by atoms with van der Waals surface area (Å²) in [5, 5.41) is 18.9. The molecule has 0 aliphatic rings. The molecule has 2 rings (SSSR count). The fraction of sp³-hybridized carbons (Fsp3) is 0.222. The standard InChI is InChI=1S/C18H21BO6/c1-22-15-8-7-12(9-14(15)19(20)21)5-6-13-10-16(23-2)18(25-4)17(11-13)24-3/h5-11,20-21H,1-4H3/b6-5+. The summed E-state index contributed by atoms with van der Waals surface area (Å²) in [6, 6.07) is 8.80. The normalized spacial score (nSPS) is 10.6. The Bertz CT molecular complexity index is 732. The Morgan fingerprint density at radius 2 is 1.28 bits per heavy atom. The summed E-state index contributed by atoms with van der Waals surface area (Å²) in [7, 11) is 4.54. The van der Waals surface area contributed by atoms with Gasteiger partial charge in [-0.05, 0) is 29.3 Å². The highest BCUT2D eigenvalue weighted by molar-refractivity contribution is 6.59. The molecule has 2 aromatic carbocycles. The third-order valence-corrected chi connectivity index (χ3v) is 3.69. The Labute approximate surface area is 147 Å². The third kappa shape index (κ3) is 4.26. The first-order chi connectivity index (χ1) is 12.0. The van der Waals surface area contributed by atoms with Crippen molar-refractivity contribution in [3.63, 3.8) is 0 Å². The van der Waals surface area contributed by atoms with Crippen LogP contribution in [0.5, 0.6) is 23.0 Å². The van der Waals surface area contributed by atoms with Crippen LogP contribution < -0.4 is 24.4 Å². The minimum Gasteiger partial charge on any atom is -0.497 e. The first kappa shape index (κ1) is 18.7. The number of hydrogen-bond acceptors (Lipinski definition) is 6. The molecule has 0 radical (unpaired) electrons. The van der Waals surface area contributed by atoms with Crippen molar-refractivity contribution in [3.8, 4) is 23.0 Å². The van der Waals surface area contributed by atoms with Gasteiger partial charge in [0.2, 0.25) is 5.75 Å². The lowest BCUT2D eigenvalue weighted by atomic mass is 9.78. The molecule has 0 heterocycles. The first-order valence-corrected chi connectivity index (χ1v) is 7.56. The van der Waals surface area contributed by atoms with E-state index in [1.165, 1.54) is 7.11 Å². The van der Waals surface area contributed by atoms with E-state index in [0.717, 1.165) is 11.1 Å². The Hall–Kier alpha value is -2.64. The Kier molecular flexibility index (Phi) is 6.33. The van der Waals surface area contributed by atoms with Gasteiger partial charge in [-0.25, -0.2) is 0 Å². The summed E-state index contributed by atoms with van der Waals surface area (Å²) in [5.74, 6) is 2.06. The Morgan fingerprint density at radius 1 is 0.720 bits per heavy atom. The lowest BCUT2D eigenvalue weighted by Gasteiger charge is -2.13. The van der Waals surface area contributed by atoms with Gasteiger partial charge in [0.15, 0.2) is 11.5 Å². The summed E-state index contributed by atoms with van der Waals surface area (Å²) in [6.07, 6.45) is 3.70. The summed E-state index contributed by atoms with van der Waals surface area (Å²) in [4.78, 5) is 0. The van der Waals surface area contributed by atoms with Crippen molar-refractivity contribution in [1.82, 2.24) is 0 Å². The molecule has 0 bridgehead atoms. The van der Waals surface area contributed by atoms with Crippen molar-refractivity contribution in [3.05, 3.63) is 41.5 Å². The van der Waals surface area contributed by atoms with Crippen LogP contribution in [-0.4, -0.2) is 45.6 Å². The maximum atomic E-state index is 9.44. The molecule has 0 fully saturated rings. The van der Waals surface area contributed by atoms with Crippen molar-refractivity contribution in [2.45, 2.75) is 0 Å². The van der Waals surface area contributed by atoms with Gasteiger partial charge in [0, 0.05) is 5.46 Å². The first-order valence-electron chi connectivity index (χ1n) is 7.56. The third-order valence-electron chi connectivity index (χ3n) is 3.69. The molecular weight excluding hydrogens is 323 g/mol. The van der Waals surface area contributed by atoms with E-state index in [0.29, 0.717) is 28.5 Å². The van der Waals surface area contributed by atoms with Gasteiger partial charge >= 0.3 is 7.12 Å². The molecule has 0 saturated heterocycles. The second kappa shape index (κ2) is 8.46. The van der Waals surface area contributed by atoms with Crippen LogP contribution in [0.1, 0.15) is 11.1 Å². The van der Waals surface area contributed by atoms with Crippen molar-refractivity contribution in [1.29, 1.82) is 0 Å². The highest BCUT2D eigenvalue weighted by atomic mass is 16.5.